The van der Waals surface area contributed by atoms with Gasteiger partial charge < -0.3 is 25.0 Å². The molecule has 7 nitrogen and oxygen atoms in total. The highest BCUT2D eigenvalue weighted by molar-refractivity contribution is 14.0. The number of anilines is 1. The zero-order valence-electron chi connectivity index (χ0n) is 14.3. The van der Waals surface area contributed by atoms with Crippen molar-refractivity contribution in [2.24, 2.45) is 4.99 Å². The van der Waals surface area contributed by atoms with E-state index < -0.39 is 0 Å². The van der Waals surface area contributed by atoms with E-state index in [1.165, 1.54) is 0 Å². The second-order valence-electron chi connectivity index (χ2n) is 5.91. The van der Waals surface area contributed by atoms with Crippen LogP contribution in [0.5, 0.6) is 0 Å². The summed E-state index contributed by atoms with van der Waals surface area (Å²) in [6, 6.07) is 4.02. The van der Waals surface area contributed by atoms with E-state index in [0.29, 0.717) is 37.4 Å². The predicted octanol–water partition coefficient (Wildman–Crippen LogP) is 1.51. The lowest BCUT2D eigenvalue weighted by Gasteiger charge is -2.25. The zero-order chi connectivity index (χ0) is 16.8. The Balaban J connectivity index is 0.00000225. The SMILES string of the molecule is CN=C(NCC1COCCO1)NC1CCN(c2ncccc2Cl)C1.I. The molecule has 25 heavy (non-hydrogen) atoms. The van der Waals surface area contributed by atoms with Gasteiger partial charge in [0.2, 0.25) is 0 Å². The summed E-state index contributed by atoms with van der Waals surface area (Å²) in [5, 5.41) is 7.45. The minimum Gasteiger partial charge on any atom is -0.376 e. The maximum Gasteiger partial charge on any atom is 0.191 e. The monoisotopic (exact) mass is 481 g/mol. The molecule has 2 atom stereocenters. The lowest BCUT2D eigenvalue weighted by molar-refractivity contribution is -0.0850. The highest BCUT2D eigenvalue weighted by Gasteiger charge is 2.25. The van der Waals surface area contributed by atoms with E-state index in [4.69, 9.17) is 21.1 Å². The van der Waals surface area contributed by atoms with Crippen molar-refractivity contribution >= 4 is 47.4 Å². The molecular weight excluding hydrogens is 457 g/mol. The fourth-order valence-electron chi connectivity index (χ4n) is 2.93. The Morgan fingerprint density at radius 3 is 3.08 bits per heavy atom. The van der Waals surface area contributed by atoms with Crippen LogP contribution >= 0.6 is 35.6 Å². The number of aromatic nitrogens is 1. The van der Waals surface area contributed by atoms with Gasteiger partial charge in [-0.05, 0) is 18.6 Å². The summed E-state index contributed by atoms with van der Waals surface area (Å²) in [6.07, 6.45) is 2.86. The van der Waals surface area contributed by atoms with E-state index in [1.54, 1.807) is 13.2 Å². The van der Waals surface area contributed by atoms with Crippen LogP contribution in [-0.2, 0) is 9.47 Å². The minimum atomic E-state index is 0. The maximum absolute atomic E-state index is 6.23. The molecular formula is C16H25ClIN5O2. The second kappa shape index (κ2) is 10.3. The van der Waals surface area contributed by atoms with E-state index in [9.17, 15) is 0 Å². The summed E-state index contributed by atoms with van der Waals surface area (Å²) in [5.74, 6) is 1.63. The number of hydrogen-bond acceptors (Lipinski definition) is 5. The van der Waals surface area contributed by atoms with Crippen LogP contribution in [0.1, 0.15) is 6.42 Å². The molecule has 0 amide bonds. The lowest BCUT2D eigenvalue weighted by Crippen LogP contribution is -2.48. The van der Waals surface area contributed by atoms with Gasteiger partial charge in [0.1, 0.15) is 5.82 Å². The molecule has 140 valence electrons. The van der Waals surface area contributed by atoms with Crippen molar-refractivity contribution in [3.05, 3.63) is 23.4 Å². The quantitative estimate of drug-likeness (QED) is 0.386. The van der Waals surface area contributed by atoms with Gasteiger partial charge in [0.25, 0.3) is 0 Å². The lowest BCUT2D eigenvalue weighted by atomic mass is 10.3. The van der Waals surface area contributed by atoms with Gasteiger partial charge in [0, 0.05) is 38.9 Å². The highest BCUT2D eigenvalue weighted by atomic mass is 127. The summed E-state index contributed by atoms with van der Waals surface area (Å²) in [5.41, 5.74) is 0. The molecule has 0 aliphatic carbocycles. The molecule has 3 heterocycles. The molecule has 0 radical (unpaired) electrons. The molecule has 2 aliphatic rings. The smallest absolute Gasteiger partial charge is 0.191 e. The van der Waals surface area contributed by atoms with Crippen LogP contribution in [0.4, 0.5) is 5.82 Å². The van der Waals surface area contributed by atoms with E-state index in [2.05, 4.69) is 25.5 Å². The number of nitrogens with one attached hydrogen (secondary N) is 2. The number of guanidine groups is 1. The molecule has 2 unspecified atom stereocenters. The Hall–Kier alpha value is -0.840. The Labute approximate surface area is 170 Å². The molecule has 1 aromatic heterocycles. The van der Waals surface area contributed by atoms with Crippen molar-refractivity contribution in [2.45, 2.75) is 18.6 Å². The van der Waals surface area contributed by atoms with Crippen LogP contribution in [0.15, 0.2) is 23.3 Å². The number of hydrogen-bond donors (Lipinski definition) is 2. The van der Waals surface area contributed by atoms with Crippen molar-refractivity contribution in [3.8, 4) is 0 Å². The topological polar surface area (TPSA) is 71.0 Å². The van der Waals surface area contributed by atoms with Crippen LogP contribution < -0.4 is 15.5 Å². The number of aliphatic imine (C=N–C) groups is 1. The highest BCUT2D eigenvalue weighted by Crippen LogP contribution is 2.25. The van der Waals surface area contributed by atoms with Crippen molar-refractivity contribution in [3.63, 3.8) is 0 Å². The van der Waals surface area contributed by atoms with Crippen LogP contribution in [-0.4, -0.2) is 69.6 Å². The maximum atomic E-state index is 6.23. The van der Waals surface area contributed by atoms with Crippen LogP contribution in [0.2, 0.25) is 5.02 Å². The zero-order valence-corrected chi connectivity index (χ0v) is 17.4. The summed E-state index contributed by atoms with van der Waals surface area (Å²) >= 11 is 6.23. The van der Waals surface area contributed by atoms with Gasteiger partial charge in [-0.3, -0.25) is 4.99 Å². The average molecular weight is 482 g/mol. The van der Waals surface area contributed by atoms with Crippen molar-refractivity contribution < 1.29 is 9.47 Å². The molecule has 2 fully saturated rings. The van der Waals surface area contributed by atoms with E-state index in [-0.39, 0.29) is 30.1 Å². The van der Waals surface area contributed by atoms with Gasteiger partial charge in [-0.25, -0.2) is 4.98 Å². The number of pyridine rings is 1. The Bertz CT molecular complexity index is 571. The fraction of sp³-hybridized carbons (Fsp3) is 0.625. The Kier molecular flexibility index (Phi) is 8.47. The summed E-state index contributed by atoms with van der Waals surface area (Å²) in [4.78, 5) is 10.9. The van der Waals surface area contributed by atoms with Gasteiger partial charge in [0.05, 0.1) is 30.9 Å². The molecule has 0 bridgehead atoms. The first-order chi connectivity index (χ1) is 11.8. The Morgan fingerprint density at radius 1 is 1.48 bits per heavy atom. The third kappa shape index (κ3) is 5.83. The number of rotatable bonds is 4. The van der Waals surface area contributed by atoms with Crippen molar-refractivity contribution in [1.29, 1.82) is 0 Å². The molecule has 2 N–H and O–H groups in total. The first kappa shape index (κ1) is 20.5. The van der Waals surface area contributed by atoms with E-state index in [0.717, 1.165) is 31.3 Å². The molecule has 2 aliphatic heterocycles. The molecule has 0 spiro atoms. The van der Waals surface area contributed by atoms with Gasteiger partial charge >= 0.3 is 0 Å². The average Bonchev–Trinajstić information content (AvgIpc) is 3.08. The summed E-state index contributed by atoms with van der Waals surface area (Å²) in [6.45, 7) is 4.41. The van der Waals surface area contributed by atoms with Gasteiger partial charge in [-0.1, -0.05) is 11.6 Å². The van der Waals surface area contributed by atoms with Crippen LogP contribution in [0.3, 0.4) is 0 Å². The normalized spacial score (nSPS) is 23.9. The minimum absolute atomic E-state index is 0. The van der Waals surface area contributed by atoms with Gasteiger partial charge in [0.15, 0.2) is 5.96 Å². The second-order valence-corrected chi connectivity index (χ2v) is 6.31. The molecule has 3 rings (SSSR count). The van der Waals surface area contributed by atoms with E-state index >= 15 is 0 Å². The molecule has 0 saturated carbocycles. The Morgan fingerprint density at radius 2 is 2.36 bits per heavy atom. The number of ether oxygens (including phenoxy) is 2. The number of nitrogens with zero attached hydrogens (tertiary/aromatic N) is 3. The van der Waals surface area contributed by atoms with Crippen molar-refractivity contribution in [2.75, 3.05) is 51.4 Å². The molecule has 9 heteroatoms. The first-order valence-electron chi connectivity index (χ1n) is 8.28. The summed E-state index contributed by atoms with van der Waals surface area (Å²) < 4.78 is 11.0. The molecule has 0 aromatic carbocycles. The van der Waals surface area contributed by atoms with Crippen LogP contribution in [0.25, 0.3) is 0 Å². The van der Waals surface area contributed by atoms with Crippen LogP contribution in [0, 0.1) is 0 Å². The number of halogens is 2. The summed E-state index contributed by atoms with van der Waals surface area (Å²) in [7, 11) is 1.77. The van der Waals surface area contributed by atoms with E-state index in [1.807, 2.05) is 12.1 Å². The third-order valence-electron chi connectivity index (χ3n) is 4.17. The first-order valence-corrected chi connectivity index (χ1v) is 8.66. The largest absolute Gasteiger partial charge is 0.376 e. The molecule has 2 saturated heterocycles. The third-order valence-corrected chi connectivity index (χ3v) is 4.47. The predicted molar refractivity (Wildman–Crippen MR) is 110 cm³/mol. The van der Waals surface area contributed by atoms with Gasteiger partial charge in [-0.2, -0.15) is 0 Å². The molecule has 1 aromatic rings. The standard InChI is InChI=1S/C16H24ClN5O2.HI/c1-18-16(20-9-13-11-23-7-8-24-13)21-12-4-6-22(10-12)15-14(17)3-2-5-19-15;/h2-3,5,12-13H,4,6-11H2,1H3,(H2,18,20,21);1H. The fourth-order valence-corrected chi connectivity index (χ4v) is 3.17. The van der Waals surface area contributed by atoms with Gasteiger partial charge in [-0.15, -0.1) is 24.0 Å². The van der Waals surface area contributed by atoms with Crippen molar-refractivity contribution in [1.82, 2.24) is 15.6 Å².